The Morgan fingerprint density at radius 1 is 1.15 bits per heavy atom. The number of amides is 2. The second-order valence-electron chi connectivity index (χ2n) is 9.03. The maximum Gasteiger partial charge on any atom is 0.317 e. The number of halogens is 1. The van der Waals surface area contributed by atoms with E-state index in [-0.39, 0.29) is 29.1 Å². The lowest BCUT2D eigenvalue weighted by Crippen LogP contribution is -2.48. The van der Waals surface area contributed by atoms with E-state index >= 15 is 0 Å². The molecule has 174 valence electrons. The lowest BCUT2D eigenvalue weighted by atomic mass is 9.95. The molecule has 0 bridgehead atoms. The Kier molecular flexibility index (Phi) is 6.30. The summed E-state index contributed by atoms with van der Waals surface area (Å²) < 4.78 is 1.60. The van der Waals surface area contributed by atoms with Crippen molar-refractivity contribution in [3.8, 4) is 0 Å². The summed E-state index contributed by atoms with van der Waals surface area (Å²) in [6.45, 7) is 1.61. The van der Waals surface area contributed by atoms with E-state index in [1.807, 2.05) is 29.2 Å². The van der Waals surface area contributed by atoms with E-state index < -0.39 is 0 Å². The zero-order chi connectivity index (χ0) is 22.8. The van der Waals surface area contributed by atoms with Gasteiger partial charge < -0.3 is 15.2 Å². The van der Waals surface area contributed by atoms with Crippen molar-refractivity contribution in [3.63, 3.8) is 0 Å². The average Bonchev–Trinajstić information content (AvgIpc) is 3.24. The number of nitrogens with zero attached hydrogens (tertiary/aromatic N) is 5. The molecule has 2 fully saturated rings. The number of hydrogen-bond acceptors (Lipinski definition) is 5. The van der Waals surface area contributed by atoms with E-state index in [1.165, 1.54) is 19.3 Å². The summed E-state index contributed by atoms with van der Waals surface area (Å²) in [6, 6.07) is 7.75. The zero-order valence-corrected chi connectivity index (χ0v) is 19.2. The number of benzene rings is 1. The average molecular weight is 470 g/mol. The largest absolute Gasteiger partial charge is 0.335 e. The molecule has 2 aromatic heterocycles. The summed E-state index contributed by atoms with van der Waals surface area (Å²) in [6.07, 6.45) is 7.42. The van der Waals surface area contributed by atoms with Crippen LogP contribution in [0.4, 0.5) is 4.79 Å². The first kappa shape index (κ1) is 21.9. The summed E-state index contributed by atoms with van der Waals surface area (Å²) in [5.74, 6) is 0.530. The molecule has 0 unspecified atom stereocenters. The van der Waals surface area contributed by atoms with Gasteiger partial charge in [-0.1, -0.05) is 54.3 Å². The van der Waals surface area contributed by atoms with Crippen LogP contribution in [0.5, 0.6) is 0 Å². The van der Waals surface area contributed by atoms with Crippen LogP contribution in [0.2, 0.25) is 5.02 Å². The van der Waals surface area contributed by atoms with Crippen LogP contribution in [0.25, 0.3) is 11.2 Å². The number of aromatic amines is 1. The zero-order valence-electron chi connectivity index (χ0n) is 18.5. The lowest BCUT2D eigenvalue weighted by molar-refractivity contribution is 0.171. The first-order chi connectivity index (χ1) is 16.1. The molecule has 0 radical (unpaired) electrons. The van der Waals surface area contributed by atoms with Gasteiger partial charge in [-0.15, -0.1) is 5.10 Å². The third kappa shape index (κ3) is 4.73. The number of carbonyl (C=O) groups is 1. The van der Waals surface area contributed by atoms with Gasteiger partial charge in [-0.25, -0.2) is 14.5 Å². The molecule has 1 saturated carbocycles. The third-order valence-electron chi connectivity index (χ3n) is 6.70. The minimum absolute atomic E-state index is 0.0135. The van der Waals surface area contributed by atoms with E-state index in [2.05, 4.69) is 20.6 Å². The van der Waals surface area contributed by atoms with Crippen LogP contribution in [0.1, 0.15) is 62.3 Å². The highest BCUT2D eigenvalue weighted by Gasteiger charge is 2.28. The molecule has 1 atom stereocenters. The maximum atomic E-state index is 12.9. The highest BCUT2D eigenvalue weighted by molar-refractivity contribution is 6.31. The minimum atomic E-state index is -0.316. The van der Waals surface area contributed by atoms with Crippen LogP contribution in [-0.4, -0.2) is 55.0 Å². The first-order valence-corrected chi connectivity index (χ1v) is 12.1. The fraction of sp³-hybridized carbons (Fsp3) is 0.522. The summed E-state index contributed by atoms with van der Waals surface area (Å²) in [7, 11) is 0. The molecule has 33 heavy (non-hydrogen) atoms. The number of fused-ring (bicyclic) bond motifs is 1. The Morgan fingerprint density at radius 2 is 1.97 bits per heavy atom. The van der Waals surface area contributed by atoms with Crippen LogP contribution in [0, 0.1) is 0 Å². The Bertz CT molecular complexity index is 1200. The molecule has 2 amide bonds. The van der Waals surface area contributed by atoms with Crippen molar-refractivity contribution in [2.45, 2.75) is 63.5 Å². The van der Waals surface area contributed by atoms with Gasteiger partial charge >= 0.3 is 6.03 Å². The molecular weight excluding hydrogens is 442 g/mol. The highest BCUT2D eigenvalue weighted by Crippen LogP contribution is 2.26. The molecule has 2 aliphatic rings. The number of carbonyl (C=O) groups excluding carboxylic acids is 1. The Labute approximate surface area is 196 Å². The third-order valence-corrected chi connectivity index (χ3v) is 7.07. The lowest BCUT2D eigenvalue weighted by Gasteiger charge is -2.34. The van der Waals surface area contributed by atoms with Gasteiger partial charge in [0.1, 0.15) is 5.82 Å². The van der Waals surface area contributed by atoms with Crippen molar-refractivity contribution in [2.75, 3.05) is 13.1 Å². The van der Waals surface area contributed by atoms with Crippen molar-refractivity contribution < 1.29 is 4.79 Å². The molecule has 5 rings (SSSR count). The monoisotopic (exact) mass is 469 g/mol. The Hall–Kier alpha value is -2.94. The first-order valence-electron chi connectivity index (χ1n) is 11.7. The van der Waals surface area contributed by atoms with Gasteiger partial charge in [0.15, 0.2) is 11.2 Å². The fourth-order valence-corrected chi connectivity index (χ4v) is 5.06. The predicted octanol–water partition coefficient (Wildman–Crippen LogP) is 3.44. The molecule has 10 heteroatoms. The molecule has 1 aliphatic carbocycles. The van der Waals surface area contributed by atoms with E-state index in [0.717, 1.165) is 31.2 Å². The summed E-state index contributed by atoms with van der Waals surface area (Å²) >= 11 is 6.30. The smallest absolute Gasteiger partial charge is 0.317 e. The molecule has 1 aliphatic heterocycles. The number of likely N-dealkylation sites (tertiary alicyclic amines) is 1. The van der Waals surface area contributed by atoms with E-state index in [4.69, 9.17) is 16.6 Å². The van der Waals surface area contributed by atoms with Crippen LogP contribution in [0.3, 0.4) is 0 Å². The van der Waals surface area contributed by atoms with Gasteiger partial charge in [0.05, 0.1) is 6.54 Å². The minimum Gasteiger partial charge on any atom is -0.335 e. The summed E-state index contributed by atoms with van der Waals surface area (Å²) in [4.78, 5) is 35.1. The molecule has 1 aromatic carbocycles. The number of hydrogen-bond donors (Lipinski definition) is 2. The van der Waals surface area contributed by atoms with Gasteiger partial charge in [-0.2, -0.15) is 0 Å². The molecule has 3 aromatic rings. The molecule has 1 saturated heterocycles. The molecule has 2 N–H and O–H groups in total. The number of H-pyrrole nitrogens is 1. The van der Waals surface area contributed by atoms with Crippen LogP contribution in [0.15, 0.2) is 29.1 Å². The normalized spacial score (nSPS) is 19.7. The number of aromatic nitrogens is 5. The van der Waals surface area contributed by atoms with Gasteiger partial charge in [0.2, 0.25) is 0 Å². The van der Waals surface area contributed by atoms with Gasteiger partial charge in [-0.3, -0.25) is 4.79 Å². The van der Waals surface area contributed by atoms with E-state index in [1.54, 1.807) is 4.68 Å². The highest BCUT2D eigenvalue weighted by atomic mass is 35.5. The Balaban J connectivity index is 1.36. The van der Waals surface area contributed by atoms with E-state index in [0.29, 0.717) is 36.1 Å². The van der Waals surface area contributed by atoms with Crippen LogP contribution < -0.4 is 10.9 Å². The van der Waals surface area contributed by atoms with Crippen LogP contribution >= 0.6 is 11.6 Å². The number of urea groups is 1. The summed E-state index contributed by atoms with van der Waals surface area (Å²) in [5.41, 5.74) is 1.19. The molecule has 3 heterocycles. The fourth-order valence-electron chi connectivity index (χ4n) is 4.87. The Morgan fingerprint density at radius 3 is 2.79 bits per heavy atom. The van der Waals surface area contributed by atoms with Gasteiger partial charge in [0.25, 0.3) is 5.56 Å². The SMILES string of the molecule is O=C(NC1CCCCC1)N1CCC[C@@H](c2nc3c(nnn3Cc3ccccc3Cl)c(=O)[nH]2)C1. The standard InChI is InChI=1S/C23H28ClN7O2/c24-18-11-5-4-7-15(18)14-31-21-19(28-29-31)22(32)27-20(26-21)16-8-6-12-30(13-16)23(33)25-17-9-2-1-3-10-17/h4-5,7,11,16-17H,1-3,6,8-10,12-14H2,(H,25,33)(H,26,27,32)/t16-/m1/s1. The topological polar surface area (TPSA) is 109 Å². The molecule has 9 nitrogen and oxygen atoms in total. The molecular formula is C23H28ClN7O2. The van der Waals surface area contributed by atoms with Crippen molar-refractivity contribution in [1.29, 1.82) is 0 Å². The molecule has 0 spiro atoms. The van der Waals surface area contributed by atoms with Crippen LogP contribution in [-0.2, 0) is 6.54 Å². The van der Waals surface area contributed by atoms with Crippen molar-refractivity contribution in [1.82, 2.24) is 35.2 Å². The van der Waals surface area contributed by atoms with Gasteiger partial charge in [-0.05, 0) is 37.3 Å². The predicted molar refractivity (Wildman–Crippen MR) is 125 cm³/mol. The van der Waals surface area contributed by atoms with Crippen molar-refractivity contribution in [3.05, 3.63) is 51.0 Å². The quantitative estimate of drug-likeness (QED) is 0.608. The summed E-state index contributed by atoms with van der Waals surface area (Å²) in [5, 5.41) is 12.0. The maximum absolute atomic E-state index is 12.9. The second kappa shape index (κ2) is 9.51. The number of nitrogens with one attached hydrogen (secondary N) is 2. The van der Waals surface area contributed by atoms with Gasteiger partial charge in [0, 0.05) is 30.1 Å². The second-order valence-corrected chi connectivity index (χ2v) is 9.44. The number of piperidine rings is 1. The van der Waals surface area contributed by atoms with E-state index in [9.17, 15) is 9.59 Å². The number of rotatable bonds is 4. The van der Waals surface area contributed by atoms with Crippen molar-refractivity contribution >= 4 is 28.8 Å². The van der Waals surface area contributed by atoms with Crippen molar-refractivity contribution in [2.24, 2.45) is 0 Å².